The molecule has 0 aliphatic carbocycles. The largest absolute Gasteiger partial charge is 0.336 e. The number of amides is 1. The topological polar surface area (TPSA) is 62.5 Å². The van der Waals surface area contributed by atoms with E-state index in [0.717, 1.165) is 30.7 Å². The molecular weight excluding hydrogens is 304 g/mol. The molecule has 3 rings (SSSR count). The normalized spacial score (nSPS) is 19.9. The van der Waals surface area contributed by atoms with Crippen molar-refractivity contribution >= 4 is 17.0 Å². The van der Waals surface area contributed by atoms with Crippen LogP contribution in [0, 0.1) is 19.3 Å². The number of piperazine rings is 1. The summed E-state index contributed by atoms with van der Waals surface area (Å²) in [5.74, 6) is 0.0409. The molecule has 130 valence electrons. The van der Waals surface area contributed by atoms with Gasteiger partial charge in [0.1, 0.15) is 0 Å². The Hall–Kier alpha value is -1.95. The fraction of sp³-hybridized carbons (Fsp3) is 0.611. The number of likely N-dealkylation sites (N-methyl/N-ethyl adjacent to an activating group) is 1. The summed E-state index contributed by atoms with van der Waals surface area (Å²) >= 11 is 0. The first kappa shape index (κ1) is 16.9. The maximum absolute atomic E-state index is 13.2. The molecule has 0 bridgehead atoms. The lowest BCUT2D eigenvalue weighted by Gasteiger charge is -2.45. The minimum Gasteiger partial charge on any atom is -0.336 e. The van der Waals surface area contributed by atoms with E-state index in [9.17, 15) is 4.79 Å². The Morgan fingerprint density at radius 3 is 2.67 bits per heavy atom. The predicted octanol–water partition coefficient (Wildman–Crippen LogP) is 2.64. The van der Waals surface area contributed by atoms with E-state index < -0.39 is 0 Å². The molecule has 0 N–H and O–H groups in total. The van der Waals surface area contributed by atoms with E-state index in [1.54, 1.807) is 0 Å². The third kappa shape index (κ3) is 2.90. The van der Waals surface area contributed by atoms with Crippen molar-refractivity contribution < 1.29 is 9.32 Å². The molecule has 3 heterocycles. The molecule has 0 radical (unpaired) electrons. The first-order valence-electron chi connectivity index (χ1n) is 8.41. The van der Waals surface area contributed by atoms with Crippen LogP contribution in [-0.4, -0.2) is 58.6 Å². The van der Waals surface area contributed by atoms with Crippen molar-refractivity contribution in [2.45, 2.75) is 40.7 Å². The van der Waals surface area contributed by atoms with Crippen LogP contribution in [0.2, 0.25) is 0 Å². The van der Waals surface area contributed by atoms with Gasteiger partial charge < -0.3 is 9.42 Å². The molecule has 6 nitrogen and oxygen atoms in total. The van der Waals surface area contributed by atoms with Gasteiger partial charge in [-0.15, -0.1) is 0 Å². The summed E-state index contributed by atoms with van der Waals surface area (Å²) in [6.45, 7) is 12.7. The SMILES string of the molecule is Cc1cc(C(=O)N2CCN(C)C(C(C)(C)C)C2)c2c(C)noc2n1. The zero-order chi connectivity index (χ0) is 17.6. The minimum absolute atomic E-state index is 0.0409. The van der Waals surface area contributed by atoms with Crippen molar-refractivity contribution in [3.63, 3.8) is 0 Å². The summed E-state index contributed by atoms with van der Waals surface area (Å²) in [5, 5.41) is 4.71. The lowest BCUT2D eigenvalue weighted by atomic mass is 9.84. The van der Waals surface area contributed by atoms with Gasteiger partial charge in [-0.25, -0.2) is 4.98 Å². The van der Waals surface area contributed by atoms with E-state index in [-0.39, 0.29) is 11.3 Å². The van der Waals surface area contributed by atoms with Crippen LogP contribution in [0.3, 0.4) is 0 Å². The van der Waals surface area contributed by atoms with E-state index in [0.29, 0.717) is 23.0 Å². The number of carbonyl (C=O) groups is 1. The molecule has 0 aromatic carbocycles. The average molecular weight is 330 g/mol. The van der Waals surface area contributed by atoms with Crippen LogP contribution in [0.15, 0.2) is 10.6 Å². The highest BCUT2D eigenvalue weighted by Gasteiger charge is 2.36. The number of hydrogen-bond donors (Lipinski definition) is 0. The van der Waals surface area contributed by atoms with Crippen LogP contribution < -0.4 is 0 Å². The molecule has 0 spiro atoms. The van der Waals surface area contributed by atoms with Crippen LogP contribution >= 0.6 is 0 Å². The van der Waals surface area contributed by atoms with Gasteiger partial charge in [-0.1, -0.05) is 25.9 Å². The van der Waals surface area contributed by atoms with Crippen molar-refractivity contribution in [2.24, 2.45) is 5.41 Å². The Labute approximate surface area is 142 Å². The number of pyridine rings is 1. The number of hydrogen-bond acceptors (Lipinski definition) is 5. The monoisotopic (exact) mass is 330 g/mol. The van der Waals surface area contributed by atoms with E-state index >= 15 is 0 Å². The Bertz CT molecular complexity index is 775. The van der Waals surface area contributed by atoms with Gasteiger partial charge >= 0.3 is 0 Å². The maximum atomic E-state index is 13.2. The van der Waals surface area contributed by atoms with E-state index in [1.807, 2.05) is 24.8 Å². The lowest BCUT2D eigenvalue weighted by molar-refractivity contribution is 0.0283. The Balaban J connectivity index is 1.96. The first-order chi connectivity index (χ1) is 11.2. The van der Waals surface area contributed by atoms with Gasteiger partial charge in [0, 0.05) is 31.4 Å². The highest BCUT2D eigenvalue weighted by molar-refractivity contribution is 6.06. The Kier molecular flexibility index (Phi) is 4.11. The molecule has 1 fully saturated rings. The lowest BCUT2D eigenvalue weighted by Crippen LogP contribution is -2.57. The number of rotatable bonds is 1. The van der Waals surface area contributed by atoms with E-state index in [4.69, 9.17) is 4.52 Å². The second-order valence-electron chi connectivity index (χ2n) is 7.87. The summed E-state index contributed by atoms with van der Waals surface area (Å²) in [4.78, 5) is 21.9. The minimum atomic E-state index is 0.0409. The van der Waals surface area contributed by atoms with E-state index in [1.165, 1.54) is 0 Å². The fourth-order valence-corrected chi connectivity index (χ4v) is 3.55. The third-order valence-corrected chi connectivity index (χ3v) is 4.91. The third-order valence-electron chi connectivity index (χ3n) is 4.91. The molecule has 6 heteroatoms. The second kappa shape index (κ2) is 5.84. The smallest absolute Gasteiger partial charge is 0.258 e. The Morgan fingerprint density at radius 1 is 1.29 bits per heavy atom. The number of nitrogens with zero attached hydrogens (tertiary/aromatic N) is 4. The number of carbonyl (C=O) groups excluding carboxylic acids is 1. The Morgan fingerprint density at radius 2 is 2.00 bits per heavy atom. The number of aryl methyl sites for hydroxylation is 2. The van der Waals surface area contributed by atoms with Gasteiger partial charge in [-0.05, 0) is 32.4 Å². The van der Waals surface area contributed by atoms with Crippen molar-refractivity contribution in [3.8, 4) is 0 Å². The zero-order valence-corrected chi connectivity index (χ0v) is 15.4. The molecule has 2 aromatic rings. The van der Waals surface area contributed by atoms with Gasteiger partial charge in [-0.3, -0.25) is 9.69 Å². The number of fused-ring (bicyclic) bond motifs is 1. The van der Waals surface area contributed by atoms with Crippen molar-refractivity contribution in [1.82, 2.24) is 19.9 Å². The molecule has 2 aromatic heterocycles. The van der Waals surface area contributed by atoms with Gasteiger partial charge in [0.15, 0.2) is 0 Å². The van der Waals surface area contributed by atoms with E-state index in [2.05, 4.69) is 42.9 Å². The summed E-state index contributed by atoms with van der Waals surface area (Å²) in [6.07, 6.45) is 0. The molecule has 1 aliphatic rings. The molecule has 1 amide bonds. The van der Waals surface area contributed by atoms with Gasteiger partial charge in [-0.2, -0.15) is 0 Å². The van der Waals surface area contributed by atoms with Crippen LogP contribution in [-0.2, 0) is 0 Å². The second-order valence-corrected chi connectivity index (χ2v) is 7.87. The molecular formula is C18H26N4O2. The van der Waals surface area contributed by atoms with Crippen LogP contribution in [0.5, 0.6) is 0 Å². The standard InChI is InChI=1S/C18H26N4O2/c1-11-9-13(15-12(2)20-24-16(15)19-11)17(23)22-8-7-21(6)14(10-22)18(3,4)5/h9,14H,7-8,10H2,1-6H3. The maximum Gasteiger partial charge on any atom is 0.258 e. The van der Waals surface area contributed by atoms with Crippen molar-refractivity contribution in [2.75, 3.05) is 26.7 Å². The molecule has 1 aliphatic heterocycles. The average Bonchev–Trinajstić information content (AvgIpc) is 2.86. The molecule has 0 saturated carbocycles. The summed E-state index contributed by atoms with van der Waals surface area (Å²) in [7, 11) is 2.14. The van der Waals surface area contributed by atoms with Gasteiger partial charge in [0.2, 0.25) is 0 Å². The summed E-state index contributed by atoms with van der Waals surface area (Å²) < 4.78 is 5.26. The first-order valence-corrected chi connectivity index (χ1v) is 8.41. The van der Waals surface area contributed by atoms with Crippen LogP contribution in [0.1, 0.15) is 42.5 Å². The molecule has 24 heavy (non-hydrogen) atoms. The molecule has 1 atom stereocenters. The fourth-order valence-electron chi connectivity index (χ4n) is 3.55. The van der Waals surface area contributed by atoms with Gasteiger partial charge in [0.25, 0.3) is 11.6 Å². The highest BCUT2D eigenvalue weighted by atomic mass is 16.5. The zero-order valence-electron chi connectivity index (χ0n) is 15.4. The summed E-state index contributed by atoms with van der Waals surface area (Å²) in [6, 6.07) is 2.18. The highest BCUT2D eigenvalue weighted by Crippen LogP contribution is 2.29. The quantitative estimate of drug-likeness (QED) is 0.804. The molecule has 1 saturated heterocycles. The van der Waals surface area contributed by atoms with Crippen LogP contribution in [0.4, 0.5) is 0 Å². The van der Waals surface area contributed by atoms with Crippen molar-refractivity contribution in [1.29, 1.82) is 0 Å². The number of aromatic nitrogens is 2. The van der Waals surface area contributed by atoms with Crippen LogP contribution in [0.25, 0.3) is 11.1 Å². The molecule has 1 unspecified atom stereocenters. The van der Waals surface area contributed by atoms with Gasteiger partial charge in [0.05, 0.1) is 16.6 Å². The summed E-state index contributed by atoms with van der Waals surface area (Å²) in [5.41, 5.74) is 2.68. The van der Waals surface area contributed by atoms with Crippen molar-refractivity contribution in [3.05, 3.63) is 23.0 Å². The predicted molar refractivity (Wildman–Crippen MR) is 93.1 cm³/mol.